The van der Waals surface area contributed by atoms with Crippen molar-refractivity contribution in [1.82, 2.24) is 10.2 Å². The molecular formula is C19H30N2. The summed E-state index contributed by atoms with van der Waals surface area (Å²) in [6.45, 7) is 13.0. The number of rotatable bonds is 4. The molecule has 2 aliphatic rings. The second-order valence-electron chi connectivity index (χ2n) is 7.62. The molecule has 1 fully saturated rings. The maximum absolute atomic E-state index is 3.77. The molecule has 0 aromatic heterocycles. The van der Waals surface area contributed by atoms with Gasteiger partial charge in [-0.1, -0.05) is 52.0 Å². The summed E-state index contributed by atoms with van der Waals surface area (Å²) >= 11 is 0. The van der Waals surface area contributed by atoms with Gasteiger partial charge in [-0.2, -0.15) is 0 Å². The van der Waals surface area contributed by atoms with Crippen molar-refractivity contribution in [3.63, 3.8) is 0 Å². The molecule has 2 nitrogen and oxygen atoms in total. The molecule has 1 heterocycles. The van der Waals surface area contributed by atoms with Crippen LogP contribution in [0.3, 0.4) is 0 Å². The SMILES string of the molecule is CC(C)C1CN(CC2Cc3ccccc32)C(C(C)C)CN1. The van der Waals surface area contributed by atoms with E-state index >= 15 is 0 Å². The van der Waals surface area contributed by atoms with Crippen molar-refractivity contribution in [2.45, 2.75) is 52.1 Å². The van der Waals surface area contributed by atoms with Gasteiger partial charge in [-0.15, -0.1) is 0 Å². The zero-order valence-electron chi connectivity index (χ0n) is 14.0. The summed E-state index contributed by atoms with van der Waals surface area (Å²) in [5.41, 5.74) is 3.17. The monoisotopic (exact) mass is 286 g/mol. The topological polar surface area (TPSA) is 15.3 Å². The van der Waals surface area contributed by atoms with Crippen molar-refractivity contribution in [3.05, 3.63) is 35.4 Å². The fourth-order valence-electron chi connectivity index (χ4n) is 3.98. The van der Waals surface area contributed by atoms with Crippen LogP contribution in [0, 0.1) is 11.8 Å². The predicted octanol–water partition coefficient (Wildman–Crippen LogP) is 3.28. The second kappa shape index (κ2) is 6.10. The molecule has 0 radical (unpaired) electrons. The highest BCUT2D eigenvalue weighted by Crippen LogP contribution is 2.36. The van der Waals surface area contributed by atoms with Gasteiger partial charge in [-0.25, -0.2) is 0 Å². The number of benzene rings is 1. The lowest BCUT2D eigenvalue weighted by Gasteiger charge is -2.46. The average molecular weight is 286 g/mol. The predicted molar refractivity (Wildman–Crippen MR) is 89.7 cm³/mol. The van der Waals surface area contributed by atoms with Gasteiger partial charge in [-0.05, 0) is 29.4 Å². The first kappa shape index (κ1) is 15.1. The van der Waals surface area contributed by atoms with E-state index in [2.05, 4.69) is 62.2 Å². The van der Waals surface area contributed by atoms with Crippen molar-refractivity contribution in [1.29, 1.82) is 0 Å². The standard InChI is InChI=1S/C19H30N2/c1-13(2)18-12-21(19(10-20-18)14(3)4)11-16-9-15-7-5-6-8-17(15)16/h5-8,13-14,16,18-20H,9-12H2,1-4H3. The minimum atomic E-state index is 0.648. The molecule has 0 spiro atoms. The summed E-state index contributed by atoms with van der Waals surface area (Å²) < 4.78 is 0. The normalized spacial score (nSPS) is 29.5. The molecule has 21 heavy (non-hydrogen) atoms. The maximum atomic E-state index is 3.77. The molecule has 3 rings (SSSR count). The van der Waals surface area contributed by atoms with Gasteiger partial charge in [0, 0.05) is 37.6 Å². The largest absolute Gasteiger partial charge is 0.311 e. The van der Waals surface area contributed by atoms with Crippen molar-refractivity contribution >= 4 is 0 Å². The van der Waals surface area contributed by atoms with Crippen LogP contribution in [0.4, 0.5) is 0 Å². The van der Waals surface area contributed by atoms with Crippen LogP contribution in [-0.2, 0) is 6.42 Å². The number of nitrogens with one attached hydrogen (secondary N) is 1. The van der Waals surface area contributed by atoms with Crippen molar-refractivity contribution in [3.8, 4) is 0 Å². The number of nitrogens with zero attached hydrogens (tertiary/aromatic N) is 1. The summed E-state index contributed by atoms with van der Waals surface area (Å²) in [5, 5.41) is 3.77. The van der Waals surface area contributed by atoms with E-state index in [4.69, 9.17) is 0 Å². The van der Waals surface area contributed by atoms with E-state index < -0.39 is 0 Å². The fourth-order valence-corrected chi connectivity index (χ4v) is 3.98. The Morgan fingerprint density at radius 1 is 1.14 bits per heavy atom. The van der Waals surface area contributed by atoms with E-state index in [1.54, 1.807) is 11.1 Å². The molecular weight excluding hydrogens is 256 g/mol. The molecule has 0 bridgehead atoms. The van der Waals surface area contributed by atoms with Gasteiger partial charge in [0.2, 0.25) is 0 Å². The van der Waals surface area contributed by atoms with Gasteiger partial charge in [0.15, 0.2) is 0 Å². The summed E-state index contributed by atoms with van der Waals surface area (Å²) in [7, 11) is 0. The molecule has 2 heteroatoms. The first-order valence-corrected chi connectivity index (χ1v) is 8.61. The Morgan fingerprint density at radius 2 is 1.90 bits per heavy atom. The highest BCUT2D eigenvalue weighted by atomic mass is 15.2. The minimum absolute atomic E-state index is 0.648. The van der Waals surface area contributed by atoms with E-state index in [0.29, 0.717) is 18.0 Å². The van der Waals surface area contributed by atoms with Crippen molar-refractivity contribution in [2.24, 2.45) is 11.8 Å². The van der Waals surface area contributed by atoms with Gasteiger partial charge < -0.3 is 5.32 Å². The number of fused-ring (bicyclic) bond motifs is 1. The Morgan fingerprint density at radius 3 is 2.57 bits per heavy atom. The van der Waals surface area contributed by atoms with Crippen molar-refractivity contribution in [2.75, 3.05) is 19.6 Å². The Balaban J connectivity index is 1.69. The van der Waals surface area contributed by atoms with E-state index in [1.165, 1.54) is 19.5 Å². The lowest BCUT2D eigenvalue weighted by Crippen LogP contribution is -2.60. The quantitative estimate of drug-likeness (QED) is 0.914. The van der Waals surface area contributed by atoms with Gasteiger partial charge in [-0.3, -0.25) is 4.90 Å². The summed E-state index contributed by atoms with van der Waals surface area (Å²) in [4.78, 5) is 2.77. The summed E-state index contributed by atoms with van der Waals surface area (Å²) in [6.07, 6.45) is 1.28. The molecule has 3 unspecified atom stereocenters. The molecule has 1 aliphatic carbocycles. The third-order valence-electron chi connectivity index (χ3n) is 5.48. The number of hydrogen-bond acceptors (Lipinski definition) is 2. The molecule has 1 aromatic carbocycles. The van der Waals surface area contributed by atoms with Crippen LogP contribution in [0.15, 0.2) is 24.3 Å². The lowest BCUT2D eigenvalue weighted by molar-refractivity contribution is 0.0767. The first-order valence-electron chi connectivity index (χ1n) is 8.61. The Labute approximate surface area is 129 Å². The van der Waals surface area contributed by atoms with Gasteiger partial charge >= 0.3 is 0 Å². The molecule has 1 aliphatic heterocycles. The summed E-state index contributed by atoms with van der Waals surface area (Å²) in [6, 6.07) is 10.3. The van der Waals surface area contributed by atoms with Crippen LogP contribution in [0.1, 0.15) is 44.7 Å². The number of hydrogen-bond donors (Lipinski definition) is 1. The second-order valence-corrected chi connectivity index (χ2v) is 7.62. The molecule has 116 valence electrons. The minimum Gasteiger partial charge on any atom is -0.311 e. The average Bonchev–Trinajstić information content (AvgIpc) is 2.44. The zero-order valence-corrected chi connectivity index (χ0v) is 14.0. The molecule has 3 atom stereocenters. The van der Waals surface area contributed by atoms with Crippen LogP contribution in [0.2, 0.25) is 0 Å². The van der Waals surface area contributed by atoms with Crippen LogP contribution < -0.4 is 5.32 Å². The molecule has 0 saturated carbocycles. The first-order chi connectivity index (χ1) is 10.1. The summed E-state index contributed by atoms with van der Waals surface area (Å²) in [5.74, 6) is 2.20. The Hall–Kier alpha value is -0.860. The third kappa shape index (κ3) is 3.02. The van der Waals surface area contributed by atoms with Gasteiger partial charge in [0.25, 0.3) is 0 Å². The number of piperazine rings is 1. The van der Waals surface area contributed by atoms with E-state index in [9.17, 15) is 0 Å². The van der Waals surface area contributed by atoms with Crippen molar-refractivity contribution < 1.29 is 0 Å². The Bertz CT molecular complexity index is 480. The van der Waals surface area contributed by atoms with E-state index in [-0.39, 0.29) is 0 Å². The molecule has 1 saturated heterocycles. The molecule has 1 N–H and O–H groups in total. The van der Waals surface area contributed by atoms with Gasteiger partial charge in [0.1, 0.15) is 0 Å². The van der Waals surface area contributed by atoms with Crippen LogP contribution in [-0.4, -0.2) is 36.6 Å². The van der Waals surface area contributed by atoms with Crippen LogP contribution in [0.25, 0.3) is 0 Å². The molecule has 1 aromatic rings. The third-order valence-corrected chi connectivity index (χ3v) is 5.48. The molecule has 0 amide bonds. The Kier molecular flexibility index (Phi) is 4.37. The smallest absolute Gasteiger partial charge is 0.0244 e. The zero-order chi connectivity index (χ0) is 15.0. The van der Waals surface area contributed by atoms with Crippen LogP contribution in [0.5, 0.6) is 0 Å². The highest BCUT2D eigenvalue weighted by Gasteiger charge is 2.35. The van der Waals surface area contributed by atoms with E-state index in [1.807, 2.05) is 0 Å². The van der Waals surface area contributed by atoms with E-state index in [0.717, 1.165) is 18.4 Å². The maximum Gasteiger partial charge on any atom is 0.0244 e. The van der Waals surface area contributed by atoms with Gasteiger partial charge in [0.05, 0.1) is 0 Å². The highest BCUT2D eigenvalue weighted by molar-refractivity contribution is 5.40. The fraction of sp³-hybridized carbons (Fsp3) is 0.684. The lowest BCUT2D eigenvalue weighted by atomic mass is 9.76. The van der Waals surface area contributed by atoms with Crippen LogP contribution >= 0.6 is 0 Å².